The predicted molar refractivity (Wildman–Crippen MR) is 98.2 cm³/mol. The number of nitrogens with zero attached hydrogens (tertiary/aromatic N) is 2. The number of carbonyl (C=O) groups excluding carboxylic acids is 1. The SMILES string of the molecule is CC(=O)N1CCc2cc(Nc3ccc4cccc(Cl)c4n3)ccc21. The van der Waals surface area contributed by atoms with Gasteiger partial charge in [0, 0.05) is 30.2 Å². The van der Waals surface area contributed by atoms with Crippen LogP contribution < -0.4 is 10.2 Å². The molecule has 0 unspecified atom stereocenters. The number of rotatable bonds is 2. The number of halogens is 1. The Morgan fingerprint density at radius 3 is 2.92 bits per heavy atom. The van der Waals surface area contributed by atoms with E-state index in [2.05, 4.69) is 16.4 Å². The second-order valence-corrected chi connectivity index (χ2v) is 6.30. The summed E-state index contributed by atoms with van der Waals surface area (Å²) in [5.41, 5.74) is 3.92. The molecule has 4 nitrogen and oxygen atoms in total. The fourth-order valence-electron chi connectivity index (χ4n) is 3.13. The van der Waals surface area contributed by atoms with Crippen LogP contribution in [0.3, 0.4) is 0 Å². The molecular formula is C19H16ClN3O. The Bertz CT molecular complexity index is 954. The highest BCUT2D eigenvalue weighted by molar-refractivity contribution is 6.35. The molecule has 120 valence electrons. The molecule has 24 heavy (non-hydrogen) atoms. The highest BCUT2D eigenvalue weighted by atomic mass is 35.5. The van der Waals surface area contributed by atoms with Gasteiger partial charge in [-0.1, -0.05) is 23.7 Å². The number of hydrogen-bond donors (Lipinski definition) is 1. The van der Waals surface area contributed by atoms with E-state index in [0.29, 0.717) is 5.02 Å². The number of para-hydroxylation sites is 1. The lowest BCUT2D eigenvalue weighted by molar-refractivity contribution is -0.116. The van der Waals surface area contributed by atoms with Crippen molar-refractivity contribution in [2.24, 2.45) is 0 Å². The second-order valence-electron chi connectivity index (χ2n) is 5.90. The number of aromatic nitrogens is 1. The lowest BCUT2D eigenvalue weighted by Gasteiger charge is -2.15. The Hall–Kier alpha value is -2.59. The van der Waals surface area contributed by atoms with Gasteiger partial charge in [-0.3, -0.25) is 4.79 Å². The van der Waals surface area contributed by atoms with E-state index in [-0.39, 0.29) is 5.91 Å². The van der Waals surface area contributed by atoms with Gasteiger partial charge in [0.25, 0.3) is 0 Å². The number of fused-ring (bicyclic) bond motifs is 2. The Morgan fingerprint density at radius 1 is 1.21 bits per heavy atom. The lowest BCUT2D eigenvalue weighted by atomic mass is 10.1. The molecule has 0 saturated heterocycles. The van der Waals surface area contributed by atoms with E-state index < -0.39 is 0 Å². The van der Waals surface area contributed by atoms with Crippen molar-refractivity contribution >= 4 is 45.6 Å². The summed E-state index contributed by atoms with van der Waals surface area (Å²) in [6.07, 6.45) is 0.876. The molecule has 0 bridgehead atoms. The van der Waals surface area contributed by atoms with Crippen molar-refractivity contribution in [2.45, 2.75) is 13.3 Å². The molecule has 4 rings (SSSR count). The van der Waals surface area contributed by atoms with Crippen molar-refractivity contribution in [1.82, 2.24) is 4.98 Å². The molecule has 0 saturated carbocycles. The summed E-state index contributed by atoms with van der Waals surface area (Å²) in [4.78, 5) is 18.0. The number of anilines is 3. The molecule has 0 radical (unpaired) electrons. The Morgan fingerprint density at radius 2 is 2.08 bits per heavy atom. The fraction of sp³-hybridized carbons (Fsp3) is 0.158. The molecule has 0 spiro atoms. The van der Waals surface area contributed by atoms with Crippen LogP contribution in [0.1, 0.15) is 12.5 Å². The topological polar surface area (TPSA) is 45.2 Å². The van der Waals surface area contributed by atoms with E-state index in [9.17, 15) is 4.79 Å². The van der Waals surface area contributed by atoms with E-state index >= 15 is 0 Å². The zero-order valence-electron chi connectivity index (χ0n) is 13.2. The van der Waals surface area contributed by atoms with Crippen molar-refractivity contribution < 1.29 is 4.79 Å². The number of pyridine rings is 1. The highest BCUT2D eigenvalue weighted by Crippen LogP contribution is 2.32. The van der Waals surface area contributed by atoms with Gasteiger partial charge in [-0.25, -0.2) is 4.98 Å². The smallest absolute Gasteiger partial charge is 0.223 e. The minimum absolute atomic E-state index is 0.0836. The Kier molecular flexibility index (Phi) is 3.62. The number of benzene rings is 2. The summed E-state index contributed by atoms with van der Waals surface area (Å²) >= 11 is 6.23. The van der Waals surface area contributed by atoms with Crippen molar-refractivity contribution in [3.05, 3.63) is 59.1 Å². The molecule has 1 aliphatic heterocycles. The average molecular weight is 338 g/mol. The molecule has 1 N–H and O–H groups in total. The van der Waals surface area contributed by atoms with Gasteiger partial charge in [0.15, 0.2) is 0 Å². The van der Waals surface area contributed by atoms with Crippen molar-refractivity contribution in [3.63, 3.8) is 0 Å². The van der Waals surface area contributed by atoms with E-state index in [1.807, 2.05) is 47.4 Å². The summed E-state index contributed by atoms with van der Waals surface area (Å²) in [6.45, 7) is 2.35. The van der Waals surface area contributed by atoms with Crippen LogP contribution in [0.5, 0.6) is 0 Å². The zero-order chi connectivity index (χ0) is 16.7. The second kappa shape index (κ2) is 5.80. The number of carbonyl (C=O) groups is 1. The van der Waals surface area contributed by atoms with Gasteiger partial charge >= 0.3 is 0 Å². The van der Waals surface area contributed by atoms with Crippen LogP contribution in [0.15, 0.2) is 48.5 Å². The van der Waals surface area contributed by atoms with Crippen LogP contribution in [-0.2, 0) is 11.2 Å². The number of amides is 1. The van der Waals surface area contributed by atoms with Gasteiger partial charge in [0.05, 0.1) is 10.5 Å². The van der Waals surface area contributed by atoms with Crippen LogP contribution in [0, 0.1) is 0 Å². The van der Waals surface area contributed by atoms with Gasteiger partial charge in [0.1, 0.15) is 5.82 Å². The minimum Gasteiger partial charge on any atom is -0.340 e. The molecule has 0 aliphatic carbocycles. The van der Waals surface area contributed by atoms with Crippen molar-refractivity contribution in [3.8, 4) is 0 Å². The summed E-state index contributed by atoms with van der Waals surface area (Å²) in [5, 5.41) is 4.98. The molecule has 0 fully saturated rings. The van der Waals surface area contributed by atoms with Gasteiger partial charge in [-0.15, -0.1) is 0 Å². The molecule has 1 amide bonds. The van der Waals surface area contributed by atoms with Crippen LogP contribution >= 0.6 is 11.6 Å². The standard InChI is InChI=1S/C19H16ClN3O/c1-12(24)23-10-9-14-11-15(6-7-17(14)23)21-18-8-5-13-3-2-4-16(20)19(13)22-18/h2-8,11H,9-10H2,1H3,(H,21,22). The van der Waals surface area contributed by atoms with Gasteiger partial charge in [-0.05, 0) is 48.4 Å². The fourth-order valence-corrected chi connectivity index (χ4v) is 3.36. The largest absolute Gasteiger partial charge is 0.340 e. The average Bonchev–Trinajstić information content (AvgIpc) is 2.99. The monoisotopic (exact) mass is 337 g/mol. The van der Waals surface area contributed by atoms with Crippen LogP contribution in [0.2, 0.25) is 5.02 Å². The third-order valence-corrected chi connectivity index (χ3v) is 4.60. The molecule has 5 heteroatoms. The first kappa shape index (κ1) is 15.0. The predicted octanol–water partition coefficient (Wildman–Crippen LogP) is 4.54. The zero-order valence-corrected chi connectivity index (χ0v) is 14.0. The normalized spacial score (nSPS) is 13.2. The first-order chi connectivity index (χ1) is 11.6. The summed E-state index contributed by atoms with van der Waals surface area (Å²) in [5.74, 6) is 0.831. The summed E-state index contributed by atoms with van der Waals surface area (Å²) in [6, 6.07) is 15.7. The first-order valence-electron chi connectivity index (χ1n) is 7.85. The first-order valence-corrected chi connectivity index (χ1v) is 8.23. The van der Waals surface area contributed by atoms with Crippen LogP contribution in [-0.4, -0.2) is 17.4 Å². The maximum absolute atomic E-state index is 11.6. The van der Waals surface area contributed by atoms with E-state index in [1.165, 1.54) is 5.56 Å². The van der Waals surface area contributed by atoms with Gasteiger partial charge in [0.2, 0.25) is 5.91 Å². The summed E-state index contributed by atoms with van der Waals surface area (Å²) in [7, 11) is 0. The van der Waals surface area contributed by atoms with Gasteiger partial charge < -0.3 is 10.2 Å². The van der Waals surface area contributed by atoms with E-state index in [0.717, 1.165) is 41.1 Å². The minimum atomic E-state index is 0.0836. The molecule has 2 heterocycles. The molecular weight excluding hydrogens is 322 g/mol. The Balaban J connectivity index is 1.65. The molecule has 0 atom stereocenters. The molecule has 1 aromatic heterocycles. The molecule has 3 aromatic rings. The van der Waals surface area contributed by atoms with Crippen LogP contribution in [0.4, 0.5) is 17.2 Å². The van der Waals surface area contributed by atoms with E-state index in [4.69, 9.17) is 11.6 Å². The number of nitrogens with one attached hydrogen (secondary N) is 1. The molecule has 1 aliphatic rings. The van der Waals surface area contributed by atoms with E-state index in [1.54, 1.807) is 6.92 Å². The highest BCUT2D eigenvalue weighted by Gasteiger charge is 2.22. The Labute approximate surface area is 145 Å². The lowest BCUT2D eigenvalue weighted by Crippen LogP contribution is -2.25. The van der Waals surface area contributed by atoms with Crippen LogP contribution in [0.25, 0.3) is 10.9 Å². The van der Waals surface area contributed by atoms with Crippen molar-refractivity contribution in [2.75, 3.05) is 16.8 Å². The maximum atomic E-state index is 11.6. The third kappa shape index (κ3) is 2.59. The number of hydrogen-bond acceptors (Lipinski definition) is 3. The van der Waals surface area contributed by atoms with Gasteiger partial charge in [-0.2, -0.15) is 0 Å². The molecule has 2 aromatic carbocycles. The van der Waals surface area contributed by atoms with Crippen molar-refractivity contribution in [1.29, 1.82) is 0 Å². The summed E-state index contributed by atoms with van der Waals surface area (Å²) < 4.78 is 0. The third-order valence-electron chi connectivity index (χ3n) is 4.30. The quantitative estimate of drug-likeness (QED) is 0.746. The maximum Gasteiger partial charge on any atom is 0.223 e.